The molecule has 0 aliphatic rings. The molecule has 0 aliphatic carbocycles. The van der Waals surface area contributed by atoms with Crippen LogP contribution in [-0.4, -0.2) is 29.1 Å². The van der Waals surface area contributed by atoms with Gasteiger partial charge in [0.15, 0.2) is 11.5 Å². The van der Waals surface area contributed by atoms with Crippen molar-refractivity contribution in [1.29, 1.82) is 0 Å². The number of carbonyl (C=O) groups excluding carboxylic acids is 1. The highest BCUT2D eigenvalue weighted by Crippen LogP contribution is 2.24. The Bertz CT molecular complexity index is 781. The Morgan fingerprint density at radius 1 is 1.29 bits per heavy atom. The minimum Gasteiger partial charge on any atom is -0.370 e. The van der Waals surface area contributed by atoms with Gasteiger partial charge >= 0.3 is 0 Å². The number of rotatable bonds is 7. The maximum atomic E-state index is 12.0. The highest BCUT2D eigenvalue weighted by Gasteiger charge is 2.13. The van der Waals surface area contributed by atoms with Crippen LogP contribution in [0.5, 0.6) is 0 Å². The van der Waals surface area contributed by atoms with Crippen molar-refractivity contribution < 1.29 is 9.32 Å². The lowest BCUT2D eigenvalue weighted by Crippen LogP contribution is -2.26. The summed E-state index contributed by atoms with van der Waals surface area (Å²) in [6.07, 6.45) is 2.61. The van der Waals surface area contributed by atoms with E-state index in [0.29, 0.717) is 18.0 Å². The van der Waals surface area contributed by atoms with Crippen molar-refractivity contribution in [2.75, 3.05) is 18.4 Å². The molecule has 2 N–H and O–H groups in total. The normalized spacial score (nSPS) is 10.5. The van der Waals surface area contributed by atoms with E-state index in [9.17, 15) is 4.79 Å². The maximum absolute atomic E-state index is 12.0. The Labute approximate surface area is 143 Å². The summed E-state index contributed by atoms with van der Waals surface area (Å²) in [5, 5.41) is 11.8. The van der Waals surface area contributed by atoms with E-state index in [1.165, 1.54) is 0 Å². The number of nitrogens with one attached hydrogen (secondary N) is 2. The van der Waals surface area contributed by atoms with E-state index >= 15 is 0 Å². The molecule has 3 aromatic rings. The quantitative estimate of drug-likeness (QED) is 0.644. The summed E-state index contributed by atoms with van der Waals surface area (Å²) < 4.78 is 5.20. The molecule has 3 rings (SSSR count). The number of anilines is 1. The van der Waals surface area contributed by atoms with Gasteiger partial charge < -0.3 is 15.2 Å². The van der Waals surface area contributed by atoms with Crippen molar-refractivity contribution in [2.45, 2.75) is 13.3 Å². The number of carbonyl (C=O) groups is 1. The average molecular weight is 342 g/mol. The van der Waals surface area contributed by atoms with E-state index in [4.69, 9.17) is 4.52 Å². The predicted molar refractivity (Wildman–Crippen MR) is 94.2 cm³/mol. The maximum Gasteiger partial charge on any atom is 0.273 e. The second kappa shape index (κ2) is 7.74. The van der Waals surface area contributed by atoms with Crippen LogP contribution in [0.15, 0.2) is 46.4 Å². The third-order valence-corrected chi connectivity index (χ3v) is 4.25. The Morgan fingerprint density at radius 3 is 2.96 bits per heavy atom. The molecule has 0 bridgehead atoms. The zero-order valence-corrected chi connectivity index (χ0v) is 14.1. The van der Waals surface area contributed by atoms with Gasteiger partial charge in [-0.3, -0.25) is 4.79 Å². The van der Waals surface area contributed by atoms with Crippen LogP contribution in [0.2, 0.25) is 0 Å². The molecule has 0 radical (unpaired) electrons. The highest BCUT2D eigenvalue weighted by atomic mass is 32.1. The van der Waals surface area contributed by atoms with Crippen LogP contribution in [0.3, 0.4) is 0 Å². The van der Waals surface area contributed by atoms with E-state index in [0.717, 1.165) is 29.2 Å². The van der Waals surface area contributed by atoms with E-state index in [-0.39, 0.29) is 5.91 Å². The van der Waals surface area contributed by atoms with Crippen molar-refractivity contribution in [1.82, 2.24) is 15.5 Å². The Morgan fingerprint density at radius 2 is 2.21 bits per heavy atom. The first-order valence-corrected chi connectivity index (χ1v) is 8.55. The van der Waals surface area contributed by atoms with Crippen molar-refractivity contribution in [3.8, 4) is 10.6 Å². The molecule has 3 aromatic heterocycles. The molecule has 0 atom stereocenters. The number of hydrogen-bond donors (Lipinski definition) is 2. The van der Waals surface area contributed by atoms with Crippen LogP contribution in [0, 0.1) is 6.92 Å². The summed E-state index contributed by atoms with van der Waals surface area (Å²) in [6, 6.07) is 9.47. The fraction of sp³-hybridized carbons (Fsp3) is 0.235. The van der Waals surface area contributed by atoms with Crippen LogP contribution >= 0.6 is 11.3 Å². The molecule has 0 fully saturated rings. The first-order chi connectivity index (χ1) is 11.7. The van der Waals surface area contributed by atoms with E-state index in [2.05, 4.69) is 20.8 Å². The van der Waals surface area contributed by atoms with Crippen LogP contribution in [-0.2, 0) is 0 Å². The lowest BCUT2D eigenvalue weighted by molar-refractivity contribution is 0.0944. The Hall–Kier alpha value is -2.67. The molecule has 0 aliphatic heterocycles. The fourth-order valence-corrected chi connectivity index (χ4v) is 2.76. The minimum absolute atomic E-state index is 0.227. The fourth-order valence-electron chi connectivity index (χ4n) is 2.09. The van der Waals surface area contributed by atoms with Crippen LogP contribution in [0.4, 0.5) is 5.82 Å². The third kappa shape index (κ3) is 4.20. The molecular weight excluding hydrogens is 324 g/mol. The molecule has 24 heavy (non-hydrogen) atoms. The number of aromatic nitrogens is 2. The molecule has 6 nitrogen and oxygen atoms in total. The number of aryl methyl sites for hydroxylation is 1. The SMILES string of the molecule is Cc1ccc(NCCCNC(=O)c2cc(-c3cccs3)on2)nc1. The Balaban J connectivity index is 1.40. The molecule has 3 heterocycles. The summed E-state index contributed by atoms with van der Waals surface area (Å²) in [7, 11) is 0. The van der Waals surface area contributed by atoms with Gasteiger partial charge in [-0.2, -0.15) is 0 Å². The van der Waals surface area contributed by atoms with E-state index < -0.39 is 0 Å². The molecule has 0 unspecified atom stereocenters. The zero-order valence-electron chi connectivity index (χ0n) is 13.3. The zero-order chi connectivity index (χ0) is 16.8. The first-order valence-electron chi connectivity index (χ1n) is 7.68. The minimum atomic E-state index is -0.227. The lowest BCUT2D eigenvalue weighted by Gasteiger charge is -2.06. The lowest BCUT2D eigenvalue weighted by atomic mass is 10.3. The average Bonchev–Trinajstić information content (AvgIpc) is 3.27. The van der Waals surface area contributed by atoms with Crippen molar-refractivity contribution in [2.24, 2.45) is 0 Å². The number of thiophene rings is 1. The Kier molecular flexibility index (Phi) is 5.22. The van der Waals surface area contributed by atoms with Gasteiger partial charge in [-0.15, -0.1) is 11.3 Å². The number of hydrogen-bond acceptors (Lipinski definition) is 6. The summed E-state index contributed by atoms with van der Waals surface area (Å²) in [5.74, 6) is 1.22. The molecule has 0 saturated heterocycles. The summed E-state index contributed by atoms with van der Waals surface area (Å²) in [4.78, 5) is 17.3. The van der Waals surface area contributed by atoms with Gasteiger partial charge in [-0.05, 0) is 36.4 Å². The van der Waals surface area contributed by atoms with Crippen molar-refractivity contribution in [3.63, 3.8) is 0 Å². The van der Waals surface area contributed by atoms with Crippen LogP contribution in [0.1, 0.15) is 22.5 Å². The van der Waals surface area contributed by atoms with Gasteiger partial charge in [0.05, 0.1) is 4.88 Å². The molecule has 124 valence electrons. The van der Waals surface area contributed by atoms with Crippen molar-refractivity contribution in [3.05, 3.63) is 53.2 Å². The molecule has 7 heteroatoms. The second-order valence-corrected chi connectivity index (χ2v) is 6.26. The predicted octanol–water partition coefficient (Wildman–Crippen LogP) is 3.34. The molecule has 0 saturated carbocycles. The summed E-state index contributed by atoms with van der Waals surface area (Å²) in [6.45, 7) is 3.29. The van der Waals surface area contributed by atoms with E-state index in [1.54, 1.807) is 17.4 Å². The standard InChI is InChI=1S/C17H18N4O2S/c1-12-5-6-16(20-11-12)18-7-3-8-19-17(22)13-10-14(23-21-13)15-4-2-9-24-15/h2,4-6,9-11H,3,7-8H2,1H3,(H,18,20)(H,19,22). The van der Waals surface area contributed by atoms with Gasteiger partial charge in [0.2, 0.25) is 0 Å². The molecular formula is C17H18N4O2S. The van der Waals surface area contributed by atoms with Gasteiger partial charge in [-0.25, -0.2) is 4.98 Å². The van der Waals surface area contributed by atoms with Gasteiger partial charge in [0, 0.05) is 25.4 Å². The van der Waals surface area contributed by atoms with Crippen LogP contribution in [0.25, 0.3) is 10.6 Å². The topological polar surface area (TPSA) is 80.0 Å². The van der Waals surface area contributed by atoms with Gasteiger partial charge in [-0.1, -0.05) is 17.3 Å². The summed E-state index contributed by atoms with van der Waals surface area (Å²) >= 11 is 1.54. The van der Waals surface area contributed by atoms with E-state index in [1.807, 2.05) is 42.8 Å². The monoisotopic (exact) mass is 342 g/mol. The second-order valence-electron chi connectivity index (χ2n) is 5.31. The largest absolute Gasteiger partial charge is 0.370 e. The smallest absolute Gasteiger partial charge is 0.273 e. The number of amides is 1. The summed E-state index contributed by atoms with van der Waals surface area (Å²) in [5.41, 5.74) is 1.42. The van der Waals surface area contributed by atoms with Crippen molar-refractivity contribution >= 4 is 23.1 Å². The first kappa shape index (κ1) is 16.2. The van der Waals surface area contributed by atoms with Gasteiger partial charge in [0.1, 0.15) is 5.82 Å². The molecule has 0 aromatic carbocycles. The highest BCUT2D eigenvalue weighted by molar-refractivity contribution is 7.13. The molecule has 1 amide bonds. The third-order valence-electron chi connectivity index (χ3n) is 3.36. The van der Waals surface area contributed by atoms with Crippen LogP contribution < -0.4 is 10.6 Å². The number of pyridine rings is 1. The number of nitrogens with zero attached hydrogens (tertiary/aromatic N) is 2. The molecule has 0 spiro atoms. The van der Waals surface area contributed by atoms with Gasteiger partial charge in [0.25, 0.3) is 5.91 Å².